The van der Waals surface area contributed by atoms with Gasteiger partial charge in [-0.25, -0.2) is 0 Å². The summed E-state index contributed by atoms with van der Waals surface area (Å²) in [5, 5.41) is 1.09. The van der Waals surface area contributed by atoms with Crippen molar-refractivity contribution >= 4 is 15.9 Å². The molecule has 0 fully saturated rings. The molecule has 0 saturated carbocycles. The van der Waals surface area contributed by atoms with Crippen molar-refractivity contribution in [2.45, 2.75) is 39.5 Å². The number of aryl methyl sites for hydroxylation is 1. The van der Waals surface area contributed by atoms with Gasteiger partial charge in [0, 0.05) is 5.33 Å². The van der Waals surface area contributed by atoms with Crippen LogP contribution in [0.25, 0.3) is 0 Å². The van der Waals surface area contributed by atoms with Crippen LogP contribution >= 0.6 is 15.9 Å². The number of alkyl halides is 1. The van der Waals surface area contributed by atoms with Crippen molar-refractivity contribution in [1.82, 2.24) is 0 Å². The van der Waals surface area contributed by atoms with Gasteiger partial charge in [0.15, 0.2) is 0 Å². The summed E-state index contributed by atoms with van der Waals surface area (Å²) in [6, 6.07) is 9.12. The number of rotatable bonds is 5. The van der Waals surface area contributed by atoms with Crippen molar-refractivity contribution in [3.8, 4) is 0 Å². The van der Waals surface area contributed by atoms with Crippen LogP contribution in [0, 0.1) is 5.92 Å². The molecular formula is C14H21Br. The Morgan fingerprint density at radius 2 is 1.73 bits per heavy atom. The van der Waals surface area contributed by atoms with E-state index in [9.17, 15) is 0 Å². The SMILES string of the molecule is CCc1ccc(C(CCBr)C(C)C)cc1. The molecule has 1 rings (SSSR count). The van der Waals surface area contributed by atoms with Crippen LogP contribution in [0.5, 0.6) is 0 Å². The molecule has 0 amide bonds. The third kappa shape index (κ3) is 3.64. The lowest BCUT2D eigenvalue weighted by Gasteiger charge is -2.20. The van der Waals surface area contributed by atoms with Gasteiger partial charge in [-0.3, -0.25) is 0 Å². The molecule has 0 aliphatic rings. The highest BCUT2D eigenvalue weighted by molar-refractivity contribution is 9.09. The summed E-state index contributed by atoms with van der Waals surface area (Å²) < 4.78 is 0. The molecule has 1 aromatic rings. The summed E-state index contributed by atoms with van der Waals surface area (Å²) >= 11 is 3.54. The third-order valence-corrected chi connectivity index (χ3v) is 3.50. The van der Waals surface area contributed by atoms with E-state index in [0.717, 1.165) is 17.7 Å². The predicted octanol–water partition coefficient (Wildman–Crippen LogP) is 4.77. The predicted molar refractivity (Wildman–Crippen MR) is 71.8 cm³/mol. The summed E-state index contributed by atoms with van der Waals surface area (Å²) in [6.45, 7) is 6.82. The molecule has 84 valence electrons. The Morgan fingerprint density at radius 3 is 2.13 bits per heavy atom. The number of halogens is 1. The molecule has 1 atom stereocenters. The molecule has 1 unspecified atom stereocenters. The van der Waals surface area contributed by atoms with Gasteiger partial charge in [-0.2, -0.15) is 0 Å². The van der Waals surface area contributed by atoms with Crippen molar-refractivity contribution in [2.75, 3.05) is 5.33 Å². The first-order chi connectivity index (χ1) is 7.19. The number of hydrogen-bond acceptors (Lipinski definition) is 0. The average molecular weight is 269 g/mol. The van der Waals surface area contributed by atoms with Crippen molar-refractivity contribution in [2.24, 2.45) is 5.92 Å². The minimum atomic E-state index is 0.690. The second kappa shape index (κ2) is 6.32. The summed E-state index contributed by atoms with van der Waals surface area (Å²) in [5.74, 6) is 1.41. The van der Waals surface area contributed by atoms with Gasteiger partial charge < -0.3 is 0 Å². The molecule has 0 spiro atoms. The molecule has 0 saturated heterocycles. The summed E-state index contributed by atoms with van der Waals surface area (Å²) in [7, 11) is 0. The largest absolute Gasteiger partial charge is 0.0928 e. The minimum Gasteiger partial charge on any atom is -0.0928 e. The highest BCUT2D eigenvalue weighted by Crippen LogP contribution is 2.28. The monoisotopic (exact) mass is 268 g/mol. The van der Waals surface area contributed by atoms with Crippen molar-refractivity contribution in [3.05, 3.63) is 35.4 Å². The molecule has 15 heavy (non-hydrogen) atoms. The van der Waals surface area contributed by atoms with Crippen molar-refractivity contribution in [1.29, 1.82) is 0 Å². The average Bonchev–Trinajstić information content (AvgIpc) is 2.26. The third-order valence-electron chi connectivity index (χ3n) is 3.04. The number of hydrogen-bond donors (Lipinski definition) is 0. The summed E-state index contributed by atoms with van der Waals surface area (Å²) in [6.07, 6.45) is 2.36. The lowest BCUT2D eigenvalue weighted by molar-refractivity contribution is 0.489. The first-order valence-electron chi connectivity index (χ1n) is 5.83. The van der Waals surface area contributed by atoms with E-state index < -0.39 is 0 Å². The maximum absolute atomic E-state index is 3.54. The second-order valence-corrected chi connectivity index (χ2v) is 5.22. The van der Waals surface area contributed by atoms with Crippen LogP contribution in [0.2, 0.25) is 0 Å². The van der Waals surface area contributed by atoms with Crippen LogP contribution in [0.1, 0.15) is 44.2 Å². The normalized spacial score (nSPS) is 13.1. The van der Waals surface area contributed by atoms with E-state index in [4.69, 9.17) is 0 Å². The second-order valence-electron chi connectivity index (χ2n) is 4.42. The molecule has 0 heterocycles. The Kier molecular flexibility index (Phi) is 5.38. The lowest BCUT2D eigenvalue weighted by Crippen LogP contribution is -2.07. The highest BCUT2D eigenvalue weighted by atomic mass is 79.9. The number of benzene rings is 1. The van der Waals surface area contributed by atoms with E-state index >= 15 is 0 Å². The van der Waals surface area contributed by atoms with Gasteiger partial charge in [0.25, 0.3) is 0 Å². The van der Waals surface area contributed by atoms with Gasteiger partial charge in [-0.15, -0.1) is 0 Å². The zero-order valence-corrected chi connectivity index (χ0v) is 11.5. The fraction of sp³-hybridized carbons (Fsp3) is 0.571. The Morgan fingerprint density at radius 1 is 1.13 bits per heavy atom. The van der Waals surface area contributed by atoms with Gasteiger partial charge >= 0.3 is 0 Å². The first-order valence-corrected chi connectivity index (χ1v) is 6.96. The Bertz CT molecular complexity index is 274. The van der Waals surface area contributed by atoms with Gasteiger partial charge in [-0.05, 0) is 35.8 Å². The molecule has 1 aromatic carbocycles. The fourth-order valence-electron chi connectivity index (χ4n) is 2.00. The fourth-order valence-corrected chi connectivity index (χ4v) is 2.50. The zero-order chi connectivity index (χ0) is 11.3. The lowest BCUT2D eigenvalue weighted by atomic mass is 9.86. The van der Waals surface area contributed by atoms with E-state index in [1.807, 2.05) is 0 Å². The summed E-state index contributed by atoms with van der Waals surface area (Å²) in [4.78, 5) is 0. The van der Waals surface area contributed by atoms with E-state index in [1.165, 1.54) is 17.5 Å². The molecular weight excluding hydrogens is 248 g/mol. The standard InChI is InChI=1S/C14H21Br/c1-4-12-5-7-13(8-6-12)14(9-10-15)11(2)3/h5-8,11,14H,4,9-10H2,1-3H3. The van der Waals surface area contributed by atoms with Crippen LogP contribution in [0.3, 0.4) is 0 Å². The molecule has 0 N–H and O–H groups in total. The smallest absolute Gasteiger partial charge is 0.00372 e. The highest BCUT2D eigenvalue weighted by Gasteiger charge is 2.14. The van der Waals surface area contributed by atoms with Crippen LogP contribution in [-0.2, 0) is 6.42 Å². The van der Waals surface area contributed by atoms with Gasteiger partial charge in [0.05, 0.1) is 0 Å². The van der Waals surface area contributed by atoms with Crippen molar-refractivity contribution < 1.29 is 0 Å². The van der Waals surface area contributed by atoms with Crippen LogP contribution in [0.4, 0.5) is 0 Å². The van der Waals surface area contributed by atoms with E-state index in [2.05, 4.69) is 61.0 Å². The maximum atomic E-state index is 3.54. The first kappa shape index (κ1) is 12.8. The Balaban J connectivity index is 2.81. The van der Waals surface area contributed by atoms with Crippen molar-refractivity contribution in [3.63, 3.8) is 0 Å². The van der Waals surface area contributed by atoms with Crippen LogP contribution in [-0.4, -0.2) is 5.33 Å². The Labute approximate surface area is 102 Å². The van der Waals surface area contributed by atoms with E-state index in [1.54, 1.807) is 0 Å². The van der Waals surface area contributed by atoms with Gasteiger partial charge in [0.1, 0.15) is 0 Å². The molecule has 0 aliphatic carbocycles. The minimum absolute atomic E-state index is 0.690. The van der Waals surface area contributed by atoms with E-state index in [-0.39, 0.29) is 0 Å². The molecule has 0 aliphatic heterocycles. The molecule has 0 nitrogen and oxygen atoms in total. The molecule has 0 radical (unpaired) electrons. The quantitative estimate of drug-likeness (QED) is 0.675. The maximum Gasteiger partial charge on any atom is 0.00372 e. The Hall–Kier alpha value is -0.300. The molecule has 1 heteroatoms. The van der Waals surface area contributed by atoms with Crippen LogP contribution in [0.15, 0.2) is 24.3 Å². The van der Waals surface area contributed by atoms with Gasteiger partial charge in [0.2, 0.25) is 0 Å². The summed E-state index contributed by atoms with van der Waals surface area (Å²) in [5.41, 5.74) is 2.92. The molecule has 0 aromatic heterocycles. The van der Waals surface area contributed by atoms with Gasteiger partial charge in [-0.1, -0.05) is 61.0 Å². The van der Waals surface area contributed by atoms with Crippen LogP contribution < -0.4 is 0 Å². The zero-order valence-electron chi connectivity index (χ0n) is 9.96. The van der Waals surface area contributed by atoms with E-state index in [0.29, 0.717) is 5.92 Å². The topological polar surface area (TPSA) is 0 Å². The molecule has 0 bridgehead atoms.